The Kier molecular flexibility index (Phi) is 7.37. The topological polar surface area (TPSA) is 92.8 Å². The Bertz CT molecular complexity index is 666. The average Bonchev–Trinajstić information content (AvgIpc) is 2.53. The Labute approximate surface area is 143 Å². The van der Waals surface area contributed by atoms with Crippen LogP contribution in [-0.2, 0) is 24.3 Å². The molecule has 0 unspecified atom stereocenters. The molecule has 0 spiro atoms. The van der Waals surface area contributed by atoms with Crippen molar-refractivity contribution in [3.8, 4) is 0 Å². The lowest BCUT2D eigenvalue weighted by molar-refractivity contribution is -0.152. The number of hydrogen-bond acceptors (Lipinski definition) is 5. The van der Waals surface area contributed by atoms with Crippen LogP contribution in [0.4, 0.5) is 0 Å². The van der Waals surface area contributed by atoms with Crippen LogP contribution in [0.25, 0.3) is 0 Å². The molecule has 7 nitrogen and oxygen atoms in total. The number of rotatable bonds is 8. The smallest absolute Gasteiger partial charge is 0.324 e. The van der Waals surface area contributed by atoms with Gasteiger partial charge in [0.05, 0.1) is 4.90 Å². The minimum absolute atomic E-state index is 0.0620. The normalized spacial score (nSPS) is 12.5. The Hall–Kier alpha value is -1.93. The Balaban J connectivity index is 2.63. The highest BCUT2D eigenvalue weighted by Crippen LogP contribution is 2.10. The van der Waals surface area contributed by atoms with E-state index in [2.05, 4.69) is 4.72 Å². The summed E-state index contributed by atoms with van der Waals surface area (Å²) in [6.45, 7) is 7.48. The van der Waals surface area contributed by atoms with Crippen molar-refractivity contribution in [3.63, 3.8) is 0 Å². The van der Waals surface area contributed by atoms with Crippen molar-refractivity contribution in [2.24, 2.45) is 0 Å². The third kappa shape index (κ3) is 5.61. The maximum Gasteiger partial charge on any atom is 0.324 e. The summed E-state index contributed by atoms with van der Waals surface area (Å²) in [6.07, 6.45) is 0. The minimum atomic E-state index is -3.83. The molecule has 0 aliphatic rings. The monoisotopic (exact) mass is 356 g/mol. The van der Waals surface area contributed by atoms with E-state index in [4.69, 9.17) is 4.74 Å². The zero-order valence-electron chi connectivity index (χ0n) is 14.4. The first-order valence-corrected chi connectivity index (χ1v) is 9.23. The lowest BCUT2D eigenvalue weighted by Gasteiger charge is -2.19. The van der Waals surface area contributed by atoms with Gasteiger partial charge in [0.15, 0.2) is 6.61 Å². The summed E-state index contributed by atoms with van der Waals surface area (Å²) in [7, 11) is -3.83. The van der Waals surface area contributed by atoms with E-state index in [0.717, 1.165) is 5.56 Å². The molecular weight excluding hydrogens is 332 g/mol. The molecule has 0 aliphatic heterocycles. The Morgan fingerprint density at radius 2 is 1.71 bits per heavy atom. The quantitative estimate of drug-likeness (QED) is 0.704. The summed E-state index contributed by atoms with van der Waals surface area (Å²) < 4.78 is 31.5. The van der Waals surface area contributed by atoms with Crippen LogP contribution in [0.3, 0.4) is 0 Å². The number of esters is 1. The standard InChI is InChI=1S/C16H24N2O5S/c1-5-18(6-2)15(19)11-23-16(20)13(4)17-24(21,22)14-9-7-12(3)8-10-14/h7-10,13,17H,5-6,11H2,1-4H3/t13-/m0/s1. The molecule has 0 heterocycles. The van der Waals surface area contributed by atoms with Gasteiger partial charge in [-0.1, -0.05) is 17.7 Å². The van der Waals surface area contributed by atoms with Crippen molar-refractivity contribution in [2.45, 2.75) is 38.6 Å². The molecule has 0 aromatic heterocycles. The summed E-state index contributed by atoms with van der Waals surface area (Å²) in [5, 5.41) is 0. The fraction of sp³-hybridized carbons (Fsp3) is 0.500. The molecular formula is C16H24N2O5S. The van der Waals surface area contributed by atoms with E-state index in [1.807, 2.05) is 20.8 Å². The summed E-state index contributed by atoms with van der Waals surface area (Å²) in [5.41, 5.74) is 0.927. The second-order valence-corrected chi connectivity index (χ2v) is 7.04. The maximum absolute atomic E-state index is 12.2. The number of nitrogens with zero attached hydrogens (tertiary/aromatic N) is 1. The van der Waals surface area contributed by atoms with Crippen molar-refractivity contribution < 1.29 is 22.7 Å². The Morgan fingerprint density at radius 1 is 1.17 bits per heavy atom. The highest BCUT2D eigenvalue weighted by Gasteiger charge is 2.24. The van der Waals surface area contributed by atoms with Gasteiger partial charge >= 0.3 is 5.97 Å². The SMILES string of the molecule is CCN(CC)C(=O)COC(=O)[C@H](C)NS(=O)(=O)c1ccc(C)cc1. The molecule has 1 N–H and O–H groups in total. The van der Waals surface area contributed by atoms with E-state index in [1.165, 1.54) is 24.0 Å². The molecule has 134 valence electrons. The Morgan fingerprint density at radius 3 is 2.21 bits per heavy atom. The van der Waals surface area contributed by atoms with Gasteiger partial charge in [-0.2, -0.15) is 4.72 Å². The minimum Gasteiger partial charge on any atom is -0.454 e. The first kappa shape index (κ1) is 20.1. The highest BCUT2D eigenvalue weighted by atomic mass is 32.2. The molecule has 1 atom stereocenters. The number of hydrogen-bond donors (Lipinski definition) is 1. The summed E-state index contributed by atoms with van der Waals surface area (Å²) in [4.78, 5) is 25.3. The first-order valence-electron chi connectivity index (χ1n) is 7.74. The van der Waals surface area contributed by atoms with Gasteiger partial charge in [0, 0.05) is 13.1 Å². The summed E-state index contributed by atoms with van der Waals surface area (Å²) in [6, 6.07) is 5.15. The third-order valence-corrected chi connectivity index (χ3v) is 5.03. The molecule has 0 aliphatic carbocycles. The molecule has 0 fully saturated rings. The van der Waals surface area contributed by atoms with Crippen LogP contribution in [0, 0.1) is 6.92 Å². The fourth-order valence-electron chi connectivity index (χ4n) is 1.99. The van der Waals surface area contributed by atoms with Gasteiger partial charge in [-0.15, -0.1) is 0 Å². The number of ether oxygens (including phenoxy) is 1. The molecule has 1 rings (SSSR count). The van der Waals surface area contributed by atoms with Crippen molar-refractivity contribution >= 4 is 21.9 Å². The number of amides is 1. The van der Waals surface area contributed by atoms with E-state index in [0.29, 0.717) is 13.1 Å². The van der Waals surface area contributed by atoms with Crippen LogP contribution in [0.15, 0.2) is 29.2 Å². The fourth-order valence-corrected chi connectivity index (χ4v) is 3.18. The van der Waals surface area contributed by atoms with E-state index in [-0.39, 0.29) is 10.8 Å². The van der Waals surface area contributed by atoms with Gasteiger partial charge in [0.25, 0.3) is 5.91 Å². The van der Waals surface area contributed by atoms with Crippen molar-refractivity contribution in [1.29, 1.82) is 0 Å². The molecule has 0 saturated carbocycles. The van der Waals surface area contributed by atoms with Gasteiger partial charge in [-0.05, 0) is 39.8 Å². The van der Waals surface area contributed by atoms with E-state index in [1.54, 1.807) is 12.1 Å². The van der Waals surface area contributed by atoms with Crippen LogP contribution in [0.5, 0.6) is 0 Å². The molecule has 0 bridgehead atoms. The van der Waals surface area contributed by atoms with Gasteiger partial charge < -0.3 is 9.64 Å². The van der Waals surface area contributed by atoms with Crippen LogP contribution < -0.4 is 4.72 Å². The average molecular weight is 356 g/mol. The number of nitrogens with one attached hydrogen (secondary N) is 1. The lowest BCUT2D eigenvalue weighted by Crippen LogP contribution is -2.41. The van der Waals surface area contributed by atoms with Gasteiger partial charge in [-0.25, -0.2) is 8.42 Å². The highest BCUT2D eigenvalue weighted by molar-refractivity contribution is 7.89. The first-order chi connectivity index (χ1) is 11.2. The molecule has 0 radical (unpaired) electrons. The van der Waals surface area contributed by atoms with Crippen molar-refractivity contribution in [1.82, 2.24) is 9.62 Å². The van der Waals surface area contributed by atoms with Crippen LogP contribution in [0.2, 0.25) is 0 Å². The summed E-state index contributed by atoms with van der Waals surface area (Å²) >= 11 is 0. The second kappa shape index (κ2) is 8.79. The number of sulfonamides is 1. The lowest BCUT2D eigenvalue weighted by atomic mass is 10.2. The molecule has 8 heteroatoms. The molecule has 24 heavy (non-hydrogen) atoms. The third-order valence-electron chi connectivity index (χ3n) is 3.47. The molecule has 1 aromatic rings. The zero-order valence-corrected chi connectivity index (χ0v) is 15.2. The van der Waals surface area contributed by atoms with Gasteiger partial charge in [0.2, 0.25) is 10.0 Å². The van der Waals surface area contributed by atoms with Crippen LogP contribution >= 0.6 is 0 Å². The van der Waals surface area contributed by atoms with Gasteiger partial charge in [-0.3, -0.25) is 9.59 Å². The second-order valence-electron chi connectivity index (χ2n) is 5.33. The van der Waals surface area contributed by atoms with Crippen molar-refractivity contribution in [2.75, 3.05) is 19.7 Å². The number of aryl methyl sites for hydroxylation is 1. The zero-order chi connectivity index (χ0) is 18.3. The number of likely N-dealkylation sites (N-methyl/N-ethyl adjacent to an activating group) is 1. The van der Waals surface area contributed by atoms with E-state index in [9.17, 15) is 18.0 Å². The number of carbonyl (C=O) groups is 2. The largest absolute Gasteiger partial charge is 0.454 e. The van der Waals surface area contributed by atoms with Gasteiger partial charge in [0.1, 0.15) is 6.04 Å². The maximum atomic E-state index is 12.2. The number of benzene rings is 1. The predicted molar refractivity (Wildman–Crippen MR) is 89.8 cm³/mol. The summed E-state index contributed by atoms with van der Waals surface area (Å²) in [5.74, 6) is -1.12. The van der Waals surface area contributed by atoms with Crippen LogP contribution in [-0.4, -0.2) is 50.9 Å². The number of carbonyl (C=O) groups excluding carboxylic acids is 2. The molecule has 1 aromatic carbocycles. The molecule has 0 saturated heterocycles. The molecule has 1 amide bonds. The van der Waals surface area contributed by atoms with E-state index >= 15 is 0 Å². The van der Waals surface area contributed by atoms with E-state index < -0.39 is 28.6 Å². The van der Waals surface area contributed by atoms with Crippen molar-refractivity contribution in [3.05, 3.63) is 29.8 Å². The van der Waals surface area contributed by atoms with Crippen LogP contribution in [0.1, 0.15) is 26.3 Å². The predicted octanol–water partition coefficient (Wildman–Crippen LogP) is 1.07.